The van der Waals surface area contributed by atoms with Crippen molar-refractivity contribution in [2.24, 2.45) is 5.92 Å². The van der Waals surface area contributed by atoms with Crippen molar-refractivity contribution in [3.63, 3.8) is 0 Å². The van der Waals surface area contributed by atoms with Crippen LogP contribution in [-0.4, -0.2) is 0 Å². The molecule has 1 fully saturated rings. The average molecular weight is 381 g/mol. The molecule has 1 aliphatic carbocycles. The number of hydrogen-bond donors (Lipinski definition) is 0. The average Bonchev–Trinajstić information content (AvgIpc) is 2.63. The Kier molecular flexibility index (Phi) is 6.16. The molecule has 1 heteroatoms. The molecule has 0 N–H and O–H groups in total. The first-order valence-corrected chi connectivity index (χ1v) is 9.91. The molecule has 0 aromatic heterocycles. The van der Waals surface area contributed by atoms with Crippen LogP contribution < -0.4 is 0 Å². The normalized spacial score (nSPS) is 20.2. The highest BCUT2D eigenvalue weighted by atomic mass is 79.9. The van der Waals surface area contributed by atoms with Crippen molar-refractivity contribution in [2.45, 2.75) is 51.4 Å². The van der Waals surface area contributed by atoms with Gasteiger partial charge in [-0.15, -0.1) is 0 Å². The van der Waals surface area contributed by atoms with Gasteiger partial charge in [0, 0.05) is 15.6 Å². The highest BCUT2D eigenvalue weighted by Gasteiger charge is 2.21. The molecule has 0 nitrogen and oxygen atoms in total. The molecule has 0 aliphatic heterocycles. The largest absolute Gasteiger partial charge is 0.0654 e. The molecule has 0 bridgehead atoms. The summed E-state index contributed by atoms with van der Waals surface area (Å²) >= 11 is 3.45. The van der Waals surface area contributed by atoms with E-state index in [4.69, 9.17) is 0 Å². The monoisotopic (exact) mass is 380 g/mol. The summed E-state index contributed by atoms with van der Waals surface area (Å²) < 4.78 is 1.09. The predicted octanol–water partition coefficient (Wildman–Crippen LogP) is 6.92. The molecular weight excluding hydrogens is 356 g/mol. The minimum absolute atomic E-state index is 0.756. The number of halogens is 1. The van der Waals surface area contributed by atoms with Crippen molar-refractivity contribution in [1.82, 2.24) is 0 Å². The topological polar surface area (TPSA) is 0 Å². The maximum absolute atomic E-state index is 3.45. The Bertz CT molecular complexity index is 692. The lowest BCUT2D eigenvalue weighted by atomic mass is 9.77. The molecule has 0 atom stereocenters. The van der Waals surface area contributed by atoms with Gasteiger partial charge in [0.15, 0.2) is 0 Å². The molecule has 24 heavy (non-hydrogen) atoms. The van der Waals surface area contributed by atoms with Gasteiger partial charge in [0.05, 0.1) is 0 Å². The molecule has 0 saturated heterocycles. The predicted molar refractivity (Wildman–Crippen MR) is 106 cm³/mol. The van der Waals surface area contributed by atoms with Gasteiger partial charge in [0.1, 0.15) is 0 Å². The van der Waals surface area contributed by atoms with Gasteiger partial charge in [-0.2, -0.15) is 0 Å². The zero-order valence-electron chi connectivity index (χ0n) is 14.4. The zero-order chi connectivity index (χ0) is 16.8. The summed E-state index contributed by atoms with van der Waals surface area (Å²) in [7, 11) is 0. The number of rotatable bonds is 3. The van der Waals surface area contributed by atoms with Crippen molar-refractivity contribution < 1.29 is 0 Å². The first kappa shape index (κ1) is 17.3. The van der Waals surface area contributed by atoms with Crippen LogP contribution in [0.25, 0.3) is 0 Å². The van der Waals surface area contributed by atoms with Crippen molar-refractivity contribution in [3.8, 4) is 11.8 Å². The Morgan fingerprint density at radius 3 is 1.92 bits per heavy atom. The molecule has 1 aliphatic rings. The lowest BCUT2D eigenvalue weighted by molar-refractivity contribution is 0.308. The second-order valence-electron chi connectivity index (χ2n) is 6.89. The van der Waals surface area contributed by atoms with Crippen LogP contribution in [-0.2, 0) is 0 Å². The van der Waals surface area contributed by atoms with Crippen LogP contribution in [0.4, 0.5) is 0 Å². The Hall–Kier alpha value is -1.52. The van der Waals surface area contributed by atoms with Crippen molar-refractivity contribution >= 4 is 15.9 Å². The SMILES string of the molecule is CCCC1CCC(c2ccc(C#Cc3ccc(Br)cc3)cc2)CC1. The van der Waals surface area contributed by atoms with E-state index in [9.17, 15) is 0 Å². The number of benzene rings is 2. The summed E-state index contributed by atoms with van der Waals surface area (Å²) in [4.78, 5) is 0. The summed E-state index contributed by atoms with van der Waals surface area (Å²) in [5.41, 5.74) is 3.65. The summed E-state index contributed by atoms with van der Waals surface area (Å²) in [5.74, 6) is 8.24. The molecule has 0 amide bonds. The highest BCUT2D eigenvalue weighted by molar-refractivity contribution is 9.10. The summed E-state index contributed by atoms with van der Waals surface area (Å²) in [5, 5.41) is 0. The van der Waals surface area contributed by atoms with Crippen molar-refractivity contribution in [2.75, 3.05) is 0 Å². The van der Waals surface area contributed by atoms with Gasteiger partial charge in [0.2, 0.25) is 0 Å². The van der Waals surface area contributed by atoms with Gasteiger partial charge in [-0.1, -0.05) is 59.7 Å². The molecule has 0 unspecified atom stereocenters. The lowest BCUT2D eigenvalue weighted by Crippen LogP contribution is -2.13. The molecule has 2 aromatic rings. The molecule has 124 valence electrons. The van der Waals surface area contributed by atoms with E-state index in [0.29, 0.717) is 0 Å². The van der Waals surface area contributed by atoms with Crippen molar-refractivity contribution in [1.29, 1.82) is 0 Å². The fourth-order valence-corrected chi connectivity index (χ4v) is 3.97. The minimum Gasteiger partial charge on any atom is -0.0654 e. The lowest BCUT2D eigenvalue weighted by Gasteiger charge is -2.28. The smallest absolute Gasteiger partial charge is 0.0249 e. The molecular formula is C23H25Br. The highest BCUT2D eigenvalue weighted by Crippen LogP contribution is 2.37. The van der Waals surface area contributed by atoms with Gasteiger partial charge in [-0.05, 0) is 79.5 Å². The van der Waals surface area contributed by atoms with Crippen LogP contribution >= 0.6 is 15.9 Å². The van der Waals surface area contributed by atoms with Gasteiger partial charge in [0.25, 0.3) is 0 Å². The van der Waals surface area contributed by atoms with E-state index in [-0.39, 0.29) is 0 Å². The Balaban J connectivity index is 1.61. The van der Waals surface area contributed by atoms with E-state index in [2.05, 4.69) is 59.0 Å². The summed E-state index contributed by atoms with van der Waals surface area (Å²) in [6.45, 7) is 2.31. The fraction of sp³-hybridized carbons (Fsp3) is 0.391. The molecule has 0 radical (unpaired) electrons. The molecule has 3 rings (SSSR count). The van der Waals surface area contributed by atoms with Crippen LogP contribution in [0.5, 0.6) is 0 Å². The molecule has 2 aromatic carbocycles. The Morgan fingerprint density at radius 1 is 0.833 bits per heavy atom. The second-order valence-corrected chi connectivity index (χ2v) is 7.80. The van der Waals surface area contributed by atoms with Crippen LogP contribution in [0.3, 0.4) is 0 Å². The first-order chi connectivity index (χ1) is 11.7. The molecule has 0 heterocycles. The number of hydrogen-bond acceptors (Lipinski definition) is 0. The second kappa shape index (κ2) is 8.54. The van der Waals surface area contributed by atoms with E-state index >= 15 is 0 Å². The fourth-order valence-electron chi connectivity index (χ4n) is 3.71. The Morgan fingerprint density at radius 2 is 1.38 bits per heavy atom. The minimum atomic E-state index is 0.756. The summed E-state index contributed by atoms with van der Waals surface area (Å²) in [6.07, 6.45) is 8.27. The maximum atomic E-state index is 3.45. The van der Waals surface area contributed by atoms with Crippen LogP contribution in [0.1, 0.15) is 68.1 Å². The third-order valence-electron chi connectivity index (χ3n) is 5.12. The molecule has 1 saturated carbocycles. The van der Waals surface area contributed by atoms with E-state index in [0.717, 1.165) is 27.4 Å². The van der Waals surface area contributed by atoms with Gasteiger partial charge < -0.3 is 0 Å². The third kappa shape index (κ3) is 4.74. The first-order valence-electron chi connectivity index (χ1n) is 9.12. The summed E-state index contributed by atoms with van der Waals surface area (Å²) in [6, 6.07) is 17.1. The zero-order valence-corrected chi connectivity index (χ0v) is 16.0. The van der Waals surface area contributed by atoms with Crippen LogP contribution in [0.2, 0.25) is 0 Å². The third-order valence-corrected chi connectivity index (χ3v) is 5.65. The van der Waals surface area contributed by atoms with E-state index in [1.165, 1.54) is 44.1 Å². The van der Waals surface area contributed by atoms with E-state index < -0.39 is 0 Å². The van der Waals surface area contributed by atoms with Gasteiger partial charge in [-0.25, -0.2) is 0 Å². The van der Waals surface area contributed by atoms with Gasteiger partial charge in [-0.3, -0.25) is 0 Å². The van der Waals surface area contributed by atoms with Crippen LogP contribution in [0, 0.1) is 17.8 Å². The van der Waals surface area contributed by atoms with Crippen molar-refractivity contribution in [3.05, 3.63) is 69.7 Å². The standard InChI is InChI=1S/C23H25Br/c1-2-3-18-6-12-21(13-7-18)22-14-8-19(9-15-22)4-5-20-10-16-23(24)17-11-20/h8-11,14-18,21H,2-3,6-7,12-13H2,1H3. The van der Waals surface area contributed by atoms with Crippen LogP contribution in [0.15, 0.2) is 53.0 Å². The van der Waals surface area contributed by atoms with E-state index in [1.807, 2.05) is 24.3 Å². The van der Waals surface area contributed by atoms with E-state index in [1.54, 1.807) is 0 Å². The van der Waals surface area contributed by atoms with Gasteiger partial charge >= 0.3 is 0 Å². The maximum Gasteiger partial charge on any atom is 0.0249 e. The quantitative estimate of drug-likeness (QED) is 0.506. The molecule has 0 spiro atoms. The Labute approximate surface area is 154 Å².